The highest BCUT2D eigenvalue weighted by molar-refractivity contribution is 5.71. The molecule has 1 atom stereocenters. The summed E-state index contributed by atoms with van der Waals surface area (Å²) in [4.78, 5) is 38.4. The number of rotatable bonds is 68. The van der Waals surface area contributed by atoms with E-state index in [9.17, 15) is 14.4 Å². The van der Waals surface area contributed by atoms with Crippen LogP contribution in [0, 0.1) is 0 Å². The van der Waals surface area contributed by atoms with Crippen molar-refractivity contribution in [3.05, 3.63) is 60.8 Å². The van der Waals surface area contributed by atoms with Crippen LogP contribution in [0.2, 0.25) is 0 Å². The number of unbranched alkanes of at least 4 members (excludes halogenated alkanes) is 47. The van der Waals surface area contributed by atoms with Crippen molar-refractivity contribution >= 4 is 17.9 Å². The molecule has 0 aliphatic heterocycles. The van der Waals surface area contributed by atoms with Crippen molar-refractivity contribution in [2.75, 3.05) is 13.2 Å². The van der Waals surface area contributed by atoms with Crippen molar-refractivity contribution in [1.82, 2.24) is 0 Å². The zero-order valence-electron chi connectivity index (χ0n) is 55.7. The van der Waals surface area contributed by atoms with E-state index < -0.39 is 6.10 Å². The Hall–Kier alpha value is -2.89. The molecule has 0 aromatic rings. The van der Waals surface area contributed by atoms with E-state index in [0.29, 0.717) is 19.3 Å². The number of hydrogen-bond donors (Lipinski definition) is 0. The lowest BCUT2D eigenvalue weighted by atomic mass is 10.0. The van der Waals surface area contributed by atoms with Gasteiger partial charge in [-0.25, -0.2) is 0 Å². The van der Waals surface area contributed by atoms with Gasteiger partial charge in [0.25, 0.3) is 0 Å². The van der Waals surface area contributed by atoms with Gasteiger partial charge in [-0.2, -0.15) is 0 Å². The quantitative estimate of drug-likeness (QED) is 0.0261. The molecule has 0 spiro atoms. The molecule has 0 amide bonds. The van der Waals surface area contributed by atoms with E-state index in [4.69, 9.17) is 14.2 Å². The average Bonchev–Trinajstić information content (AvgIpc) is 3.49. The summed E-state index contributed by atoms with van der Waals surface area (Å²) in [6, 6.07) is 0. The van der Waals surface area contributed by atoms with E-state index in [2.05, 4.69) is 81.5 Å². The van der Waals surface area contributed by atoms with Gasteiger partial charge in [-0.05, 0) is 83.5 Å². The lowest BCUT2D eigenvalue weighted by Gasteiger charge is -2.18. The van der Waals surface area contributed by atoms with Crippen molar-refractivity contribution in [2.45, 2.75) is 399 Å². The zero-order valence-corrected chi connectivity index (χ0v) is 55.7. The van der Waals surface area contributed by atoms with E-state index in [1.807, 2.05) is 0 Å². The molecular formula is C77H140O6. The molecule has 484 valence electrons. The second-order valence-corrected chi connectivity index (χ2v) is 24.9. The van der Waals surface area contributed by atoms with Crippen LogP contribution in [0.15, 0.2) is 60.8 Å². The Morgan fingerprint density at radius 1 is 0.241 bits per heavy atom. The molecule has 0 saturated carbocycles. The molecule has 6 nitrogen and oxygen atoms in total. The second-order valence-electron chi connectivity index (χ2n) is 24.9. The molecule has 0 rings (SSSR count). The van der Waals surface area contributed by atoms with Crippen LogP contribution in [0.5, 0.6) is 0 Å². The smallest absolute Gasteiger partial charge is 0.306 e. The van der Waals surface area contributed by atoms with Gasteiger partial charge in [0.15, 0.2) is 6.10 Å². The Kier molecular flexibility index (Phi) is 69.1. The van der Waals surface area contributed by atoms with Gasteiger partial charge in [-0.1, -0.05) is 351 Å². The van der Waals surface area contributed by atoms with E-state index in [0.717, 1.165) is 109 Å². The third-order valence-corrected chi connectivity index (χ3v) is 16.5. The van der Waals surface area contributed by atoms with Crippen LogP contribution in [0.25, 0.3) is 0 Å². The number of hydrogen-bond acceptors (Lipinski definition) is 6. The number of carbonyl (C=O) groups excluding carboxylic acids is 3. The number of allylic oxidation sites excluding steroid dienone is 10. The van der Waals surface area contributed by atoms with E-state index >= 15 is 0 Å². The molecule has 0 aromatic heterocycles. The highest BCUT2D eigenvalue weighted by atomic mass is 16.6. The fraction of sp³-hybridized carbons (Fsp3) is 0.831. The Morgan fingerprint density at radius 2 is 0.458 bits per heavy atom. The van der Waals surface area contributed by atoms with Gasteiger partial charge >= 0.3 is 17.9 Å². The first-order chi connectivity index (χ1) is 41.0. The minimum atomic E-state index is -0.788. The molecule has 0 N–H and O–H groups in total. The van der Waals surface area contributed by atoms with Crippen LogP contribution in [0.4, 0.5) is 0 Å². The largest absolute Gasteiger partial charge is 0.462 e. The summed E-state index contributed by atoms with van der Waals surface area (Å²) in [6.07, 6.45) is 92.7. The first-order valence-electron chi connectivity index (χ1n) is 36.8. The van der Waals surface area contributed by atoms with Gasteiger partial charge in [-0.3, -0.25) is 14.4 Å². The Morgan fingerprint density at radius 3 is 0.723 bits per heavy atom. The maximum atomic E-state index is 12.9. The zero-order chi connectivity index (χ0) is 59.9. The van der Waals surface area contributed by atoms with E-state index in [-0.39, 0.29) is 31.1 Å². The monoisotopic (exact) mass is 1160 g/mol. The minimum absolute atomic E-state index is 0.0810. The molecule has 0 radical (unpaired) electrons. The Balaban J connectivity index is 4.19. The van der Waals surface area contributed by atoms with Crippen LogP contribution >= 0.6 is 0 Å². The summed E-state index contributed by atoms with van der Waals surface area (Å²) in [5, 5.41) is 0. The normalized spacial score (nSPS) is 12.4. The van der Waals surface area contributed by atoms with E-state index in [1.165, 1.54) is 244 Å². The number of ether oxygens (including phenoxy) is 3. The predicted molar refractivity (Wildman–Crippen MR) is 362 cm³/mol. The van der Waals surface area contributed by atoms with Crippen LogP contribution in [-0.4, -0.2) is 37.2 Å². The maximum Gasteiger partial charge on any atom is 0.306 e. The van der Waals surface area contributed by atoms with Crippen LogP contribution < -0.4 is 0 Å². The molecule has 6 heteroatoms. The highest BCUT2D eigenvalue weighted by Gasteiger charge is 2.19. The molecule has 0 aliphatic rings. The summed E-state index contributed by atoms with van der Waals surface area (Å²) in [5.74, 6) is -0.886. The second kappa shape index (κ2) is 71.6. The predicted octanol–water partition coefficient (Wildman–Crippen LogP) is 25.5. The van der Waals surface area contributed by atoms with Gasteiger partial charge in [0.2, 0.25) is 0 Å². The fourth-order valence-corrected chi connectivity index (χ4v) is 11.0. The standard InChI is InChI=1S/C77H140O6/c1-4-7-10-13-16-19-22-25-27-29-31-33-34-35-36-37-38-39-40-41-42-44-45-47-49-52-55-58-61-64-67-70-76(79)82-73-74(72-81-75(78)69-66-63-60-57-54-51-24-21-18-15-12-9-6-3)83-77(80)71-68-65-62-59-56-53-50-48-46-43-32-30-28-26-23-20-17-14-11-8-5-2/h12,15,21,23-24,26,30,32,46,48,74H,4-11,13-14,16-20,22,25,27-29,31,33-45,47,49-73H2,1-3H3/b15-12-,24-21-,26-23-,32-30-,48-46-. The Labute approximate surface area is 517 Å². The van der Waals surface area contributed by atoms with Crippen LogP contribution in [0.3, 0.4) is 0 Å². The maximum absolute atomic E-state index is 12.9. The van der Waals surface area contributed by atoms with Crippen molar-refractivity contribution in [3.63, 3.8) is 0 Å². The first kappa shape index (κ1) is 80.1. The Bertz CT molecular complexity index is 1470. The molecule has 0 saturated heterocycles. The van der Waals surface area contributed by atoms with Crippen LogP contribution in [0.1, 0.15) is 393 Å². The van der Waals surface area contributed by atoms with Gasteiger partial charge in [-0.15, -0.1) is 0 Å². The molecule has 0 bridgehead atoms. The summed E-state index contributed by atoms with van der Waals surface area (Å²) in [7, 11) is 0. The van der Waals surface area contributed by atoms with Gasteiger partial charge in [0.1, 0.15) is 13.2 Å². The van der Waals surface area contributed by atoms with Crippen molar-refractivity contribution in [1.29, 1.82) is 0 Å². The SMILES string of the molecule is CCC/C=C\C/C=C\CCCCCCCC(=O)OCC(COC(=O)CCCCCCCCCCCCCCCCCCCCCCCCCCCCCCCCC)OC(=O)CCCCCCCC/C=C\C/C=C\C/C=C\CCCCCCC. The average molecular weight is 1160 g/mol. The third-order valence-electron chi connectivity index (χ3n) is 16.5. The topological polar surface area (TPSA) is 78.9 Å². The molecule has 0 aliphatic carbocycles. The summed E-state index contributed by atoms with van der Waals surface area (Å²) in [6.45, 7) is 6.60. The van der Waals surface area contributed by atoms with Gasteiger partial charge < -0.3 is 14.2 Å². The summed E-state index contributed by atoms with van der Waals surface area (Å²) >= 11 is 0. The van der Waals surface area contributed by atoms with Crippen molar-refractivity contribution < 1.29 is 28.6 Å². The molecular weight excluding hydrogens is 1020 g/mol. The summed E-state index contributed by atoms with van der Waals surface area (Å²) in [5.41, 5.74) is 0. The number of carbonyl (C=O) groups is 3. The highest BCUT2D eigenvalue weighted by Crippen LogP contribution is 2.19. The molecule has 1 unspecified atom stereocenters. The number of esters is 3. The molecule has 83 heavy (non-hydrogen) atoms. The van der Waals surface area contributed by atoms with Crippen LogP contribution in [-0.2, 0) is 28.6 Å². The lowest BCUT2D eigenvalue weighted by Crippen LogP contribution is -2.30. The molecule has 0 aromatic carbocycles. The molecule has 0 fully saturated rings. The first-order valence-corrected chi connectivity index (χ1v) is 36.8. The third kappa shape index (κ3) is 69.8. The minimum Gasteiger partial charge on any atom is -0.462 e. The van der Waals surface area contributed by atoms with Gasteiger partial charge in [0, 0.05) is 19.3 Å². The van der Waals surface area contributed by atoms with E-state index in [1.54, 1.807) is 0 Å². The van der Waals surface area contributed by atoms with Gasteiger partial charge in [0.05, 0.1) is 0 Å². The van der Waals surface area contributed by atoms with Crippen molar-refractivity contribution in [2.24, 2.45) is 0 Å². The lowest BCUT2D eigenvalue weighted by molar-refractivity contribution is -0.167. The van der Waals surface area contributed by atoms with Crippen molar-refractivity contribution in [3.8, 4) is 0 Å². The summed E-state index contributed by atoms with van der Waals surface area (Å²) < 4.78 is 17.0. The fourth-order valence-electron chi connectivity index (χ4n) is 11.0. The molecule has 0 heterocycles.